The van der Waals surface area contributed by atoms with E-state index in [1.165, 1.54) is 18.2 Å². The van der Waals surface area contributed by atoms with Gasteiger partial charge in [0, 0.05) is 23.1 Å². The maximum atomic E-state index is 14.4. The Hall–Kier alpha value is -3.77. The molecule has 216 valence electrons. The number of esters is 1. The number of nitrogens with two attached hydrogens (primary N) is 1. The van der Waals surface area contributed by atoms with Gasteiger partial charge in [0.25, 0.3) is 0 Å². The topological polar surface area (TPSA) is 169 Å². The summed E-state index contributed by atoms with van der Waals surface area (Å²) in [6.45, 7) is 3.81. The normalized spacial score (nSPS) is 28.6. The Balaban J connectivity index is 1.48. The van der Waals surface area contributed by atoms with Crippen LogP contribution >= 0.6 is 0 Å². The zero-order chi connectivity index (χ0) is 29.2. The average molecular weight is 565 g/mol. The van der Waals surface area contributed by atoms with Gasteiger partial charge in [0.1, 0.15) is 29.3 Å². The predicted octanol–water partition coefficient (Wildman–Crippen LogP) is 2.10. The van der Waals surface area contributed by atoms with Crippen molar-refractivity contribution in [3.8, 4) is 11.5 Å². The zero-order valence-corrected chi connectivity index (χ0v) is 22.7. The number of phenolic OH excluding ortho intramolecular Hbond substituents is 1. The van der Waals surface area contributed by atoms with Gasteiger partial charge in [-0.3, -0.25) is 9.59 Å². The summed E-state index contributed by atoms with van der Waals surface area (Å²) < 4.78 is 17.5. The van der Waals surface area contributed by atoms with Gasteiger partial charge in [0.15, 0.2) is 5.78 Å². The smallest absolute Gasteiger partial charge is 0.331 e. The van der Waals surface area contributed by atoms with Crippen LogP contribution in [0.4, 0.5) is 0 Å². The number of aliphatic hydroxyl groups excluding tert-OH is 2. The monoisotopic (exact) mass is 564 g/mol. The molecule has 0 unspecified atom stereocenters. The molecule has 0 aromatic heterocycles. The van der Waals surface area contributed by atoms with Crippen molar-refractivity contribution in [3.63, 3.8) is 0 Å². The van der Waals surface area contributed by atoms with Gasteiger partial charge in [-0.25, -0.2) is 4.79 Å². The summed E-state index contributed by atoms with van der Waals surface area (Å²) in [6, 6.07) is 7.03. The van der Waals surface area contributed by atoms with Gasteiger partial charge in [-0.15, -0.1) is 0 Å². The molecule has 0 spiro atoms. The predicted molar refractivity (Wildman–Crippen MR) is 144 cm³/mol. The van der Waals surface area contributed by atoms with E-state index in [1.54, 1.807) is 30.9 Å². The molecule has 4 aliphatic rings. The van der Waals surface area contributed by atoms with Gasteiger partial charge >= 0.3 is 5.97 Å². The second kappa shape index (κ2) is 10.3. The zero-order valence-electron chi connectivity index (χ0n) is 22.7. The van der Waals surface area contributed by atoms with Crippen molar-refractivity contribution >= 4 is 23.1 Å². The van der Waals surface area contributed by atoms with E-state index < -0.39 is 54.4 Å². The van der Waals surface area contributed by atoms with E-state index in [0.29, 0.717) is 36.9 Å². The highest BCUT2D eigenvalue weighted by Crippen LogP contribution is 2.52. The molecule has 5 N–H and O–H groups in total. The average Bonchev–Trinajstić information content (AvgIpc) is 3.25. The highest BCUT2D eigenvalue weighted by Gasteiger charge is 2.53. The number of hydrogen-bond donors (Lipinski definition) is 4. The number of fused-ring (bicyclic) bond motifs is 6. The Bertz CT molecular complexity index is 1470. The lowest BCUT2D eigenvalue weighted by Crippen LogP contribution is -2.48. The van der Waals surface area contributed by atoms with Crippen molar-refractivity contribution in [3.05, 3.63) is 63.8 Å². The van der Waals surface area contributed by atoms with Gasteiger partial charge in [0.05, 0.1) is 23.3 Å². The minimum absolute atomic E-state index is 0.00612. The molecule has 0 radical (unpaired) electrons. The van der Waals surface area contributed by atoms with Crippen molar-refractivity contribution in [2.75, 3.05) is 6.54 Å². The number of aromatic hydroxyl groups is 1. The number of hydrogen-bond acceptors (Lipinski definition) is 11. The number of ether oxygens (including phenoxy) is 3. The number of carbonyl (C=O) groups is 3. The summed E-state index contributed by atoms with van der Waals surface area (Å²) in [7, 11) is 0. The maximum absolute atomic E-state index is 14.4. The Kier molecular flexibility index (Phi) is 6.85. The van der Waals surface area contributed by atoms with Gasteiger partial charge in [-0.2, -0.15) is 0 Å². The van der Waals surface area contributed by atoms with Crippen LogP contribution in [0.1, 0.15) is 76.2 Å². The number of Topliss-reactive ketones (excluding diaryl/α,β-unsaturated/α-hetero) is 2. The number of carbonyl (C=O) groups excluding carboxylic acids is 3. The quantitative estimate of drug-likeness (QED) is 0.299. The standard InChI is InChI=1S/C30H32N2O9/c1-13-10-16-22(18(33)11-13)24-25(32-17(7-3-4-9-31)30(38)41-29(16)32)28(37)23-15(27(24)36)6-5-8-20(23)40-21-12-19(34)26(35)14(2)39-21/h5-6,8,10-11,14,17,19,21,26,29,33-35H,3-4,7,9,12,31H2,1-2H3/t14-,17-,19+,21-,26-,29+/m0/s1. The van der Waals surface area contributed by atoms with Crippen molar-refractivity contribution < 1.29 is 43.9 Å². The van der Waals surface area contributed by atoms with Crippen LogP contribution in [0.15, 0.2) is 36.0 Å². The van der Waals surface area contributed by atoms with E-state index in [-0.39, 0.29) is 45.9 Å². The number of aliphatic hydroxyl groups is 2. The molecule has 11 heteroatoms. The highest BCUT2D eigenvalue weighted by atomic mass is 16.7. The fraction of sp³-hybridized carbons (Fsp3) is 0.433. The first-order valence-electron chi connectivity index (χ1n) is 13.8. The SMILES string of the molecule is Cc1cc(O)c2c(c1)[C@H]1OC(=O)[C@H](CCCCN)N1C1=C2C(=O)c2cccc(O[C@H]3C[C@@H](O)[C@@H](O)[C@H](C)O3)c2C1=O. The minimum Gasteiger partial charge on any atom is -0.507 e. The molecule has 0 amide bonds. The third-order valence-electron chi connectivity index (χ3n) is 8.20. The van der Waals surface area contributed by atoms with Crippen molar-refractivity contribution in [1.29, 1.82) is 0 Å². The summed E-state index contributed by atoms with van der Waals surface area (Å²) in [5.41, 5.74) is 7.01. The lowest BCUT2D eigenvalue weighted by molar-refractivity contribution is -0.216. The first kappa shape index (κ1) is 27.4. The van der Waals surface area contributed by atoms with Gasteiger partial charge in [-0.05, 0) is 63.4 Å². The molecule has 3 aliphatic heterocycles. The molecule has 0 bridgehead atoms. The van der Waals surface area contributed by atoms with Crippen LogP contribution in [-0.2, 0) is 14.3 Å². The number of allylic oxidation sites excluding steroid dienone is 2. The van der Waals surface area contributed by atoms with E-state index in [1.807, 2.05) is 0 Å². The van der Waals surface area contributed by atoms with Crippen LogP contribution in [0, 0.1) is 6.92 Å². The third-order valence-corrected chi connectivity index (χ3v) is 8.20. The van der Waals surface area contributed by atoms with Gasteiger partial charge in [0.2, 0.25) is 18.3 Å². The van der Waals surface area contributed by atoms with Crippen molar-refractivity contribution in [2.24, 2.45) is 5.73 Å². The van der Waals surface area contributed by atoms with E-state index in [0.717, 1.165) is 0 Å². The van der Waals surface area contributed by atoms with Crippen LogP contribution in [0.2, 0.25) is 0 Å². The Labute approximate surface area is 236 Å². The van der Waals surface area contributed by atoms with Gasteiger partial charge < -0.3 is 40.2 Å². The fourth-order valence-corrected chi connectivity index (χ4v) is 6.26. The molecule has 2 fully saturated rings. The lowest BCUT2D eigenvalue weighted by atomic mass is 9.78. The molecule has 1 aliphatic carbocycles. The largest absolute Gasteiger partial charge is 0.507 e. The Morgan fingerprint density at radius 3 is 2.61 bits per heavy atom. The molecule has 11 nitrogen and oxygen atoms in total. The number of ketones is 2. The second-order valence-corrected chi connectivity index (χ2v) is 11.0. The van der Waals surface area contributed by atoms with Crippen LogP contribution in [0.3, 0.4) is 0 Å². The van der Waals surface area contributed by atoms with Crippen LogP contribution in [0.5, 0.6) is 11.5 Å². The first-order chi connectivity index (χ1) is 19.6. The molecular formula is C30H32N2O9. The number of nitrogens with zero attached hydrogens (tertiary/aromatic N) is 1. The molecule has 6 rings (SSSR count). The summed E-state index contributed by atoms with van der Waals surface area (Å²) in [4.78, 5) is 43.3. The Morgan fingerprint density at radius 2 is 1.88 bits per heavy atom. The maximum Gasteiger partial charge on any atom is 0.331 e. The summed E-state index contributed by atoms with van der Waals surface area (Å²) in [5, 5.41) is 31.3. The third kappa shape index (κ3) is 4.31. The fourth-order valence-electron chi connectivity index (χ4n) is 6.26. The van der Waals surface area contributed by atoms with Crippen LogP contribution in [-0.4, -0.2) is 74.9 Å². The van der Waals surface area contributed by atoms with Crippen LogP contribution in [0.25, 0.3) is 5.57 Å². The molecule has 41 heavy (non-hydrogen) atoms. The number of aryl methyl sites for hydroxylation is 1. The minimum atomic E-state index is -1.10. The van der Waals surface area contributed by atoms with Gasteiger partial charge in [-0.1, -0.05) is 12.1 Å². The number of unbranched alkanes of at least 4 members (excludes halogenated alkanes) is 1. The first-order valence-corrected chi connectivity index (χ1v) is 13.8. The summed E-state index contributed by atoms with van der Waals surface area (Å²) >= 11 is 0. The number of benzene rings is 2. The summed E-state index contributed by atoms with van der Waals surface area (Å²) in [6.07, 6.45) is -3.32. The number of rotatable bonds is 6. The molecule has 3 heterocycles. The van der Waals surface area contributed by atoms with Crippen molar-refractivity contribution in [1.82, 2.24) is 4.90 Å². The molecule has 6 atom stereocenters. The molecule has 2 saturated heterocycles. The molecule has 2 aromatic rings. The molecular weight excluding hydrogens is 532 g/mol. The lowest BCUT2D eigenvalue weighted by Gasteiger charge is -2.39. The second-order valence-electron chi connectivity index (χ2n) is 11.0. The highest BCUT2D eigenvalue weighted by molar-refractivity contribution is 6.41. The number of phenols is 1. The van der Waals surface area contributed by atoms with E-state index in [4.69, 9.17) is 19.9 Å². The van der Waals surface area contributed by atoms with E-state index in [2.05, 4.69) is 0 Å². The van der Waals surface area contributed by atoms with E-state index >= 15 is 0 Å². The summed E-state index contributed by atoms with van der Waals surface area (Å²) in [5.74, 6) is -1.72. The van der Waals surface area contributed by atoms with Crippen molar-refractivity contribution in [2.45, 2.75) is 76.4 Å². The van der Waals surface area contributed by atoms with Crippen LogP contribution < -0.4 is 10.5 Å². The Morgan fingerprint density at radius 1 is 1.10 bits per heavy atom. The molecule has 2 aromatic carbocycles. The molecule has 0 saturated carbocycles. The van der Waals surface area contributed by atoms with E-state index in [9.17, 15) is 29.7 Å².